The van der Waals surface area contributed by atoms with Gasteiger partial charge in [0.2, 0.25) is 0 Å². The van der Waals surface area contributed by atoms with Crippen LogP contribution in [0, 0.1) is 6.92 Å². The lowest BCUT2D eigenvalue weighted by molar-refractivity contribution is 0.112. The van der Waals surface area contributed by atoms with Crippen LogP contribution in [0.5, 0.6) is 0 Å². The van der Waals surface area contributed by atoms with Crippen molar-refractivity contribution in [2.75, 3.05) is 0 Å². The molecule has 0 aliphatic rings. The van der Waals surface area contributed by atoms with Crippen molar-refractivity contribution in [3.05, 3.63) is 69.6 Å². The van der Waals surface area contributed by atoms with E-state index in [1.54, 1.807) is 30.2 Å². The molecule has 0 amide bonds. The molecule has 0 aliphatic carbocycles. The van der Waals surface area contributed by atoms with Crippen LogP contribution < -0.4 is 0 Å². The summed E-state index contributed by atoms with van der Waals surface area (Å²) in [7, 11) is 0. The highest BCUT2D eigenvalue weighted by Gasteiger charge is 2.24. The van der Waals surface area contributed by atoms with Crippen molar-refractivity contribution in [3.8, 4) is 5.69 Å². The molecule has 6 heteroatoms. The lowest BCUT2D eigenvalue weighted by atomic mass is 10.0. The molecule has 26 heavy (non-hydrogen) atoms. The summed E-state index contributed by atoms with van der Waals surface area (Å²) >= 11 is 13.9. The van der Waals surface area contributed by atoms with Crippen LogP contribution in [0.1, 0.15) is 41.4 Å². The monoisotopic (exact) mass is 404 g/mol. The maximum Gasteiger partial charge on any atom is 0.152 e. The number of hydrogen-bond donors (Lipinski definition) is 0. The molecular formula is C20H18Cl2N2OS. The fourth-order valence-electron chi connectivity index (χ4n) is 3.01. The molecule has 134 valence electrons. The van der Waals surface area contributed by atoms with Crippen molar-refractivity contribution in [2.45, 2.75) is 36.6 Å². The van der Waals surface area contributed by atoms with E-state index in [1.807, 2.05) is 31.2 Å². The number of aromatic nitrogens is 2. The third kappa shape index (κ3) is 3.68. The van der Waals surface area contributed by atoms with Crippen LogP contribution in [-0.2, 0) is 0 Å². The van der Waals surface area contributed by atoms with E-state index < -0.39 is 0 Å². The molecule has 3 nitrogen and oxygen atoms in total. The minimum atomic E-state index is 0.189. The molecule has 0 spiro atoms. The first kappa shape index (κ1) is 19.0. The third-order valence-electron chi connectivity index (χ3n) is 4.12. The number of nitrogens with zero attached hydrogens (tertiary/aromatic N) is 2. The predicted molar refractivity (Wildman–Crippen MR) is 108 cm³/mol. The second-order valence-electron chi connectivity index (χ2n) is 6.24. The molecule has 0 saturated carbocycles. The minimum absolute atomic E-state index is 0.189. The number of carbonyl (C=O) groups is 1. The predicted octanol–water partition coefficient (Wildman–Crippen LogP) is 6.57. The zero-order chi connectivity index (χ0) is 18.8. The molecule has 0 aliphatic heterocycles. The van der Waals surface area contributed by atoms with Crippen LogP contribution in [0.3, 0.4) is 0 Å². The summed E-state index contributed by atoms with van der Waals surface area (Å²) in [5, 5.41) is 2.16. The molecule has 0 bridgehead atoms. The van der Waals surface area contributed by atoms with Gasteiger partial charge in [0.05, 0.1) is 5.03 Å². The normalized spacial score (nSPS) is 11.2. The molecule has 0 radical (unpaired) electrons. The van der Waals surface area contributed by atoms with E-state index in [0.717, 1.165) is 38.7 Å². The van der Waals surface area contributed by atoms with Crippen molar-refractivity contribution in [1.82, 2.24) is 9.55 Å². The Kier molecular flexibility index (Phi) is 5.76. The fraction of sp³-hybridized carbons (Fsp3) is 0.200. The van der Waals surface area contributed by atoms with Gasteiger partial charge in [-0.3, -0.25) is 9.78 Å². The summed E-state index contributed by atoms with van der Waals surface area (Å²) in [4.78, 5) is 16.9. The molecule has 0 atom stereocenters. The number of benzene rings is 1. The van der Waals surface area contributed by atoms with E-state index in [4.69, 9.17) is 23.2 Å². The lowest BCUT2D eigenvalue weighted by Gasteiger charge is -2.14. The molecule has 2 heterocycles. The Morgan fingerprint density at radius 2 is 1.73 bits per heavy atom. The van der Waals surface area contributed by atoms with Crippen molar-refractivity contribution >= 4 is 41.2 Å². The second kappa shape index (κ2) is 7.87. The van der Waals surface area contributed by atoms with Gasteiger partial charge in [0.15, 0.2) is 6.29 Å². The molecule has 0 fully saturated rings. The van der Waals surface area contributed by atoms with Crippen molar-refractivity contribution in [3.63, 3.8) is 0 Å². The quantitative estimate of drug-likeness (QED) is 0.450. The summed E-state index contributed by atoms with van der Waals surface area (Å²) < 4.78 is 2.10. The van der Waals surface area contributed by atoms with Crippen LogP contribution in [0.2, 0.25) is 10.0 Å². The van der Waals surface area contributed by atoms with Gasteiger partial charge in [0.25, 0.3) is 0 Å². The number of aldehydes is 1. The molecule has 3 aromatic rings. The van der Waals surface area contributed by atoms with E-state index in [9.17, 15) is 4.79 Å². The third-order valence-corrected chi connectivity index (χ3v) is 5.62. The molecular weight excluding hydrogens is 387 g/mol. The van der Waals surface area contributed by atoms with Gasteiger partial charge in [-0.2, -0.15) is 0 Å². The zero-order valence-electron chi connectivity index (χ0n) is 14.7. The van der Waals surface area contributed by atoms with Crippen LogP contribution >= 0.6 is 35.0 Å². The van der Waals surface area contributed by atoms with Gasteiger partial charge in [0.1, 0.15) is 0 Å². The Bertz CT molecular complexity index is 932. The highest BCUT2D eigenvalue weighted by atomic mass is 35.5. The van der Waals surface area contributed by atoms with Crippen LogP contribution in [0.15, 0.2) is 52.6 Å². The molecule has 2 aromatic heterocycles. The smallest absolute Gasteiger partial charge is 0.152 e. The number of halogens is 2. The molecule has 3 rings (SSSR count). The van der Waals surface area contributed by atoms with Gasteiger partial charge in [-0.1, -0.05) is 48.8 Å². The van der Waals surface area contributed by atoms with E-state index in [1.165, 1.54) is 0 Å². The number of carbonyl (C=O) groups excluding carboxylic acids is 1. The second-order valence-corrected chi connectivity index (χ2v) is 8.17. The minimum Gasteiger partial charge on any atom is -0.308 e. The Morgan fingerprint density at radius 3 is 2.27 bits per heavy atom. The summed E-state index contributed by atoms with van der Waals surface area (Å²) in [6.07, 6.45) is 4.43. The van der Waals surface area contributed by atoms with Crippen LogP contribution in [0.4, 0.5) is 0 Å². The highest BCUT2D eigenvalue weighted by Crippen LogP contribution is 2.41. The van der Waals surface area contributed by atoms with Crippen LogP contribution in [0.25, 0.3) is 5.69 Å². The molecule has 0 saturated heterocycles. The maximum absolute atomic E-state index is 11.8. The standard InChI is InChI=1S/C20H18Cl2N2OS/c1-12(2)19-18(11-25)13(3)24(16-4-6-23-7-5-16)20(19)26-17-9-14(21)8-15(22)10-17/h4-12H,1-3H3. The van der Waals surface area contributed by atoms with E-state index >= 15 is 0 Å². The lowest BCUT2D eigenvalue weighted by Crippen LogP contribution is -1.99. The summed E-state index contributed by atoms with van der Waals surface area (Å²) in [5.41, 5.74) is 3.62. The van der Waals surface area contributed by atoms with Gasteiger partial charge >= 0.3 is 0 Å². The van der Waals surface area contributed by atoms with E-state index in [2.05, 4.69) is 23.4 Å². The highest BCUT2D eigenvalue weighted by molar-refractivity contribution is 7.99. The summed E-state index contributed by atoms with van der Waals surface area (Å²) in [6.45, 7) is 6.15. The Hall–Kier alpha value is -1.75. The zero-order valence-corrected chi connectivity index (χ0v) is 17.0. The number of pyridine rings is 1. The SMILES string of the molecule is Cc1c(C=O)c(C(C)C)c(Sc2cc(Cl)cc(Cl)c2)n1-c1ccncc1. The van der Waals surface area contributed by atoms with Crippen molar-refractivity contribution in [1.29, 1.82) is 0 Å². The van der Waals surface area contributed by atoms with Gasteiger partial charge in [0, 0.05) is 44.3 Å². The summed E-state index contributed by atoms with van der Waals surface area (Å²) in [5.74, 6) is 0.189. The van der Waals surface area contributed by atoms with E-state index in [-0.39, 0.29) is 5.92 Å². The first-order chi connectivity index (χ1) is 12.4. The van der Waals surface area contributed by atoms with Gasteiger partial charge in [-0.05, 0) is 48.7 Å². The summed E-state index contributed by atoms with van der Waals surface area (Å²) in [6, 6.07) is 9.33. The first-order valence-electron chi connectivity index (χ1n) is 8.17. The van der Waals surface area contributed by atoms with Gasteiger partial charge < -0.3 is 4.57 Å². The average molecular weight is 405 g/mol. The van der Waals surface area contributed by atoms with Crippen molar-refractivity contribution in [2.24, 2.45) is 0 Å². The Labute approximate surface area is 167 Å². The van der Waals surface area contributed by atoms with Crippen LogP contribution in [-0.4, -0.2) is 15.8 Å². The Balaban J connectivity index is 2.25. The molecule has 1 aromatic carbocycles. The molecule has 0 N–H and O–H groups in total. The average Bonchev–Trinajstić information content (AvgIpc) is 2.86. The topological polar surface area (TPSA) is 34.9 Å². The number of hydrogen-bond acceptors (Lipinski definition) is 3. The van der Waals surface area contributed by atoms with E-state index in [0.29, 0.717) is 10.0 Å². The maximum atomic E-state index is 11.8. The van der Waals surface area contributed by atoms with Gasteiger partial charge in [-0.25, -0.2) is 0 Å². The molecule has 0 unspecified atom stereocenters. The Morgan fingerprint density at radius 1 is 1.12 bits per heavy atom. The van der Waals surface area contributed by atoms with Gasteiger partial charge in [-0.15, -0.1) is 0 Å². The number of rotatable bonds is 5. The fourth-order valence-corrected chi connectivity index (χ4v) is 5.05. The largest absolute Gasteiger partial charge is 0.308 e. The first-order valence-corrected chi connectivity index (χ1v) is 9.74. The van der Waals surface area contributed by atoms with Crippen molar-refractivity contribution < 1.29 is 4.79 Å².